The van der Waals surface area contributed by atoms with Crippen LogP contribution in [0.15, 0.2) is 42.5 Å². The molecule has 2 aromatic rings. The number of amides is 3. The van der Waals surface area contributed by atoms with Crippen LogP contribution < -0.4 is 4.74 Å². The molecule has 0 aromatic heterocycles. The normalized spacial score (nSPS) is 18.8. The van der Waals surface area contributed by atoms with Gasteiger partial charge in [-0.15, -0.1) is 0 Å². The Morgan fingerprint density at radius 1 is 0.969 bits per heavy atom. The molecular weight excluding hydrogens is 406 g/mol. The van der Waals surface area contributed by atoms with Gasteiger partial charge in [0.25, 0.3) is 17.7 Å². The maximum atomic E-state index is 13.3. The Labute approximate surface area is 187 Å². The number of hydrogen-bond donors (Lipinski definition) is 0. The quantitative estimate of drug-likeness (QED) is 0.655. The summed E-state index contributed by atoms with van der Waals surface area (Å²) in [5, 5.41) is 0. The second kappa shape index (κ2) is 8.39. The molecular formula is C25H27N3O4. The summed E-state index contributed by atoms with van der Waals surface area (Å²) in [5.41, 5.74) is 2.03. The van der Waals surface area contributed by atoms with E-state index in [1.807, 2.05) is 4.90 Å². The number of rotatable bonds is 6. The topological polar surface area (TPSA) is 70.2 Å². The highest BCUT2D eigenvalue weighted by molar-refractivity contribution is 6.21. The molecule has 1 saturated heterocycles. The van der Waals surface area contributed by atoms with Gasteiger partial charge >= 0.3 is 0 Å². The third-order valence-corrected chi connectivity index (χ3v) is 6.59. The first kappa shape index (κ1) is 20.7. The molecule has 2 heterocycles. The predicted octanol–water partition coefficient (Wildman–Crippen LogP) is 2.66. The molecule has 0 radical (unpaired) electrons. The third-order valence-electron chi connectivity index (χ3n) is 6.59. The zero-order valence-electron chi connectivity index (χ0n) is 18.3. The lowest BCUT2D eigenvalue weighted by atomic mass is 10.1. The molecule has 32 heavy (non-hydrogen) atoms. The Bertz CT molecular complexity index is 1040. The zero-order chi connectivity index (χ0) is 22.2. The smallest absolute Gasteiger partial charge is 0.261 e. The summed E-state index contributed by atoms with van der Waals surface area (Å²) in [4.78, 5) is 44.3. The van der Waals surface area contributed by atoms with Gasteiger partial charge in [0.2, 0.25) is 0 Å². The standard InChI is InChI=1S/C25H27N3O4/c1-32-22-9-8-18(16-28-24(30)19-4-2-3-5-20(19)25(28)31)14-21(22)23(29)27-12-10-26(11-13-27)15-17-6-7-17/h2-5,8-9,14,17H,6-7,10-13,15-16H2,1H3. The first-order valence-corrected chi connectivity index (χ1v) is 11.2. The molecule has 0 atom stereocenters. The Hall–Kier alpha value is -3.19. The van der Waals surface area contributed by atoms with E-state index in [4.69, 9.17) is 4.74 Å². The number of ether oxygens (including phenoxy) is 1. The monoisotopic (exact) mass is 433 g/mol. The summed E-state index contributed by atoms with van der Waals surface area (Å²) < 4.78 is 5.45. The van der Waals surface area contributed by atoms with Crippen LogP contribution in [0.25, 0.3) is 0 Å². The van der Waals surface area contributed by atoms with Crippen LogP contribution in [0.4, 0.5) is 0 Å². The van der Waals surface area contributed by atoms with Gasteiger partial charge in [-0.25, -0.2) is 0 Å². The maximum absolute atomic E-state index is 13.3. The highest BCUT2D eigenvalue weighted by Crippen LogP contribution is 2.30. The molecule has 2 fully saturated rings. The third kappa shape index (κ3) is 3.88. The van der Waals surface area contributed by atoms with Gasteiger partial charge < -0.3 is 9.64 Å². The van der Waals surface area contributed by atoms with Crippen LogP contribution in [-0.2, 0) is 6.54 Å². The van der Waals surface area contributed by atoms with Crippen LogP contribution in [-0.4, -0.2) is 72.3 Å². The van der Waals surface area contributed by atoms with Crippen LogP contribution in [0, 0.1) is 5.92 Å². The minimum atomic E-state index is -0.305. The number of piperazine rings is 1. The summed E-state index contributed by atoms with van der Waals surface area (Å²) in [7, 11) is 1.55. The minimum Gasteiger partial charge on any atom is -0.496 e. The van der Waals surface area contributed by atoms with E-state index in [1.54, 1.807) is 49.6 Å². The molecule has 2 aliphatic heterocycles. The number of fused-ring (bicyclic) bond motifs is 1. The van der Waals surface area contributed by atoms with Crippen molar-refractivity contribution < 1.29 is 19.1 Å². The van der Waals surface area contributed by atoms with Gasteiger partial charge in [-0.05, 0) is 48.6 Å². The number of nitrogens with zero attached hydrogens (tertiary/aromatic N) is 3. The largest absolute Gasteiger partial charge is 0.496 e. The summed E-state index contributed by atoms with van der Waals surface area (Å²) in [6.07, 6.45) is 2.66. The van der Waals surface area contributed by atoms with Crippen LogP contribution in [0.3, 0.4) is 0 Å². The molecule has 0 unspecified atom stereocenters. The van der Waals surface area contributed by atoms with E-state index in [9.17, 15) is 14.4 Å². The van der Waals surface area contributed by atoms with Crippen molar-refractivity contribution in [3.05, 3.63) is 64.7 Å². The fourth-order valence-electron chi connectivity index (χ4n) is 4.56. The molecule has 0 spiro atoms. The highest BCUT2D eigenvalue weighted by atomic mass is 16.5. The fraction of sp³-hybridized carbons (Fsp3) is 0.400. The summed E-state index contributed by atoms with van der Waals surface area (Å²) >= 11 is 0. The Balaban J connectivity index is 1.31. The number of benzene rings is 2. The Morgan fingerprint density at radius 3 is 2.22 bits per heavy atom. The molecule has 2 aromatic carbocycles. The molecule has 166 valence electrons. The van der Waals surface area contributed by atoms with Crippen LogP contribution in [0.1, 0.15) is 49.5 Å². The van der Waals surface area contributed by atoms with Crippen LogP contribution >= 0.6 is 0 Å². The van der Waals surface area contributed by atoms with E-state index in [-0.39, 0.29) is 24.3 Å². The first-order chi connectivity index (χ1) is 15.5. The average molecular weight is 434 g/mol. The van der Waals surface area contributed by atoms with Crippen molar-refractivity contribution >= 4 is 17.7 Å². The van der Waals surface area contributed by atoms with Crippen molar-refractivity contribution in [2.75, 3.05) is 39.8 Å². The molecule has 3 aliphatic rings. The van der Waals surface area contributed by atoms with Gasteiger partial charge in [-0.2, -0.15) is 0 Å². The lowest BCUT2D eigenvalue weighted by Gasteiger charge is -2.35. The van der Waals surface area contributed by atoms with Crippen LogP contribution in [0.5, 0.6) is 5.75 Å². The number of hydrogen-bond acceptors (Lipinski definition) is 5. The van der Waals surface area contributed by atoms with E-state index < -0.39 is 0 Å². The molecule has 0 N–H and O–H groups in total. The minimum absolute atomic E-state index is 0.0721. The molecule has 5 rings (SSSR count). The molecule has 3 amide bonds. The average Bonchev–Trinajstić information content (AvgIpc) is 3.62. The maximum Gasteiger partial charge on any atom is 0.261 e. The first-order valence-electron chi connectivity index (χ1n) is 11.2. The van der Waals surface area contributed by atoms with Gasteiger partial charge in [0, 0.05) is 32.7 Å². The van der Waals surface area contributed by atoms with Crippen molar-refractivity contribution in [3.8, 4) is 5.75 Å². The van der Waals surface area contributed by atoms with Crippen LogP contribution in [0.2, 0.25) is 0 Å². The summed E-state index contributed by atoms with van der Waals surface area (Å²) in [5.74, 6) is 0.664. The number of methoxy groups -OCH3 is 1. The second-order valence-corrected chi connectivity index (χ2v) is 8.81. The van der Waals surface area contributed by atoms with E-state index >= 15 is 0 Å². The van der Waals surface area contributed by atoms with Crippen molar-refractivity contribution in [2.45, 2.75) is 19.4 Å². The Kier molecular flexibility index (Phi) is 5.43. The van der Waals surface area contributed by atoms with Crippen molar-refractivity contribution in [1.29, 1.82) is 0 Å². The SMILES string of the molecule is COc1ccc(CN2C(=O)c3ccccc3C2=O)cc1C(=O)N1CCN(CC2CC2)CC1. The molecule has 7 nitrogen and oxygen atoms in total. The molecule has 1 saturated carbocycles. The van der Waals surface area contributed by atoms with Gasteiger partial charge in [-0.1, -0.05) is 18.2 Å². The van der Waals surface area contributed by atoms with Crippen molar-refractivity contribution in [3.63, 3.8) is 0 Å². The van der Waals surface area contributed by atoms with Gasteiger partial charge in [0.05, 0.1) is 30.3 Å². The summed E-state index contributed by atoms with van der Waals surface area (Å²) in [6, 6.07) is 12.1. The summed E-state index contributed by atoms with van der Waals surface area (Å²) in [6.45, 7) is 4.42. The predicted molar refractivity (Wildman–Crippen MR) is 119 cm³/mol. The molecule has 1 aliphatic carbocycles. The second-order valence-electron chi connectivity index (χ2n) is 8.81. The van der Waals surface area contributed by atoms with Crippen molar-refractivity contribution in [1.82, 2.24) is 14.7 Å². The Morgan fingerprint density at radius 2 is 1.62 bits per heavy atom. The number of carbonyl (C=O) groups excluding carboxylic acids is 3. The number of imide groups is 1. The lowest BCUT2D eigenvalue weighted by Crippen LogP contribution is -2.49. The fourth-order valence-corrected chi connectivity index (χ4v) is 4.56. The molecule has 0 bridgehead atoms. The lowest BCUT2D eigenvalue weighted by molar-refractivity contribution is 0.0627. The number of carbonyl (C=O) groups is 3. The van der Waals surface area contributed by atoms with Gasteiger partial charge in [-0.3, -0.25) is 24.2 Å². The van der Waals surface area contributed by atoms with E-state index in [0.29, 0.717) is 35.5 Å². The van der Waals surface area contributed by atoms with E-state index in [2.05, 4.69) is 4.90 Å². The van der Waals surface area contributed by atoms with Gasteiger partial charge in [0.1, 0.15) is 5.75 Å². The van der Waals surface area contributed by atoms with Gasteiger partial charge in [0.15, 0.2) is 0 Å². The van der Waals surface area contributed by atoms with E-state index in [0.717, 1.165) is 31.1 Å². The highest BCUT2D eigenvalue weighted by Gasteiger charge is 2.35. The van der Waals surface area contributed by atoms with Crippen molar-refractivity contribution in [2.24, 2.45) is 5.92 Å². The van der Waals surface area contributed by atoms with E-state index in [1.165, 1.54) is 17.7 Å². The zero-order valence-corrected chi connectivity index (χ0v) is 18.3. The molecule has 7 heteroatoms.